The minimum Gasteiger partial charge on any atom is -0.423 e. The summed E-state index contributed by atoms with van der Waals surface area (Å²) in [5.41, 5.74) is 1.25. The van der Waals surface area contributed by atoms with Gasteiger partial charge in [-0.2, -0.15) is 0 Å². The minimum atomic E-state index is -0.610. The highest BCUT2D eigenvalue weighted by atomic mass is 16.6. The van der Waals surface area contributed by atoms with Crippen molar-refractivity contribution >= 4 is 34.7 Å². The van der Waals surface area contributed by atoms with Gasteiger partial charge < -0.3 is 15.0 Å². The molecule has 1 N–H and O–H groups in total. The SMILES string of the molecule is CC(=O)c1ccc(NC(=O)CN2CC(=O)Oc3cc([N+](=O)[O-])ccc32)cc1. The molecule has 9 nitrogen and oxygen atoms in total. The number of Topliss-reactive ketones (excluding diaryl/α,β-unsaturated/α-hetero) is 1. The highest BCUT2D eigenvalue weighted by molar-refractivity contribution is 5.98. The predicted molar refractivity (Wildman–Crippen MR) is 96.0 cm³/mol. The van der Waals surface area contributed by atoms with Gasteiger partial charge in [0.25, 0.3) is 5.69 Å². The standard InChI is InChI=1S/C18H15N3O6/c1-11(22)12-2-4-13(5-3-12)19-17(23)9-20-10-18(24)27-16-8-14(21(25)26)6-7-15(16)20/h2-8H,9-10H2,1H3,(H,19,23). The van der Waals surface area contributed by atoms with Crippen LogP contribution in [0.1, 0.15) is 17.3 Å². The molecule has 0 radical (unpaired) electrons. The van der Waals surface area contributed by atoms with Crippen molar-refractivity contribution in [3.63, 3.8) is 0 Å². The molecule has 0 atom stereocenters. The Balaban J connectivity index is 1.73. The van der Waals surface area contributed by atoms with E-state index in [0.717, 1.165) is 6.07 Å². The largest absolute Gasteiger partial charge is 0.423 e. The molecule has 9 heteroatoms. The molecule has 1 aliphatic rings. The van der Waals surface area contributed by atoms with Gasteiger partial charge >= 0.3 is 5.97 Å². The molecule has 0 spiro atoms. The van der Waals surface area contributed by atoms with Gasteiger partial charge in [-0.05, 0) is 37.3 Å². The third-order valence-electron chi connectivity index (χ3n) is 3.95. The number of hydrogen-bond acceptors (Lipinski definition) is 7. The third-order valence-corrected chi connectivity index (χ3v) is 3.95. The number of amides is 1. The molecule has 0 aromatic heterocycles. The minimum absolute atomic E-state index is 0.0408. The Morgan fingerprint density at radius 2 is 1.93 bits per heavy atom. The van der Waals surface area contributed by atoms with Crippen molar-refractivity contribution in [1.82, 2.24) is 0 Å². The van der Waals surface area contributed by atoms with Crippen LogP contribution in [0, 0.1) is 10.1 Å². The number of ketones is 1. The normalized spacial score (nSPS) is 12.8. The summed E-state index contributed by atoms with van der Waals surface area (Å²) < 4.78 is 5.04. The smallest absolute Gasteiger partial charge is 0.331 e. The number of rotatable bonds is 5. The lowest BCUT2D eigenvalue weighted by molar-refractivity contribution is -0.384. The van der Waals surface area contributed by atoms with E-state index < -0.39 is 10.9 Å². The Kier molecular flexibility index (Phi) is 4.84. The first-order chi connectivity index (χ1) is 12.8. The molecule has 138 valence electrons. The van der Waals surface area contributed by atoms with E-state index in [0.29, 0.717) is 16.9 Å². The molecular weight excluding hydrogens is 354 g/mol. The number of carbonyl (C=O) groups is 3. The zero-order valence-corrected chi connectivity index (χ0v) is 14.3. The van der Waals surface area contributed by atoms with E-state index in [4.69, 9.17) is 4.74 Å². The summed E-state index contributed by atoms with van der Waals surface area (Å²) in [5, 5.41) is 13.5. The molecule has 0 bridgehead atoms. The van der Waals surface area contributed by atoms with E-state index in [1.165, 1.54) is 24.0 Å². The lowest BCUT2D eigenvalue weighted by Crippen LogP contribution is -2.41. The zero-order chi connectivity index (χ0) is 19.6. The summed E-state index contributed by atoms with van der Waals surface area (Å²) in [6.07, 6.45) is 0. The molecule has 1 aliphatic heterocycles. The molecule has 1 heterocycles. The molecule has 0 saturated heterocycles. The highest BCUT2D eigenvalue weighted by Crippen LogP contribution is 2.35. The number of carbonyl (C=O) groups excluding carboxylic acids is 3. The fourth-order valence-electron chi connectivity index (χ4n) is 2.66. The van der Waals surface area contributed by atoms with Crippen LogP contribution in [-0.4, -0.2) is 35.7 Å². The van der Waals surface area contributed by atoms with Crippen LogP contribution in [0.5, 0.6) is 5.75 Å². The van der Waals surface area contributed by atoms with Gasteiger partial charge in [0.2, 0.25) is 5.91 Å². The van der Waals surface area contributed by atoms with Gasteiger partial charge in [-0.15, -0.1) is 0 Å². The van der Waals surface area contributed by atoms with Gasteiger partial charge in [0.05, 0.1) is 23.2 Å². The number of nitro groups is 1. The first-order valence-corrected chi connectivity index (χ1v) is 7.98. The van der Waals surface area contributed by atoms with Gasteiger partial charge in [-0.3, -0.25) is 19.7 Å². The molecular formula is C18H15N3O6. The summed E-state index contributed by atoms with van der Waals surface area (Å²) in [7, 11) is 0. The molecule has 27 heavy (non-hydrogen) atoms. The summed E-state index contributed by atoms with van der Waals surface area (Å²) in [6.45, 7) is 1.15. The molecule has 2 aromatic carbocycles. The zero-order valence-electron chi connectivity index (χ0n) is 14.3. The molecule has 3 rings (SSSR count). The van der Waals surface area contributed by atoms with Crippen LogP contribution in [0.15, 0.2) is 42.5 Å². The van der Waals surface area contributed by atoms with Crippen molar-refractivity contribution in [2.45, 2.75) is 6.92 Å². The Morgan fingerprint density at radius 1 is 1.22 bits per heavy atom. The monoisotopic (exact) mass is 369 g/mol. The maximum absolute atomic E-state index is 12.3. The van der Waals surface area contributed by atoms with E-state index in [1.807, 2.05) is 0 Å². The van der Waals surface area contributed by atoms with E-state index in [2.05, 4.69) is 5.32 Å². The molecule has 1 amide bonds. The van der Waals surface area contributed by atoms with Crippen molar-refractivity contribution < 1.29 is 24.0 Å². The van der Waals surface area contributed by atoms with E-state index >= 15 is 0 Å². The van der Waals surface area contributed by atoms with Gasteiger partial charge in [-0.25, -0.2) is 4.79 Å². The quantitative estimate of drug-likeness (QED) is 0.282. The second-order valence-electron chi connectivity index (χ2n) is 5.92. The Morgan fingerprint density at radius 3 is 2.56 bits per heavy atom. The molecule has 0 saturated carbocycles. The Labute approximate surface area is 153 Å². The molecule has 2 aromatic rings. The van der Waals surface area contributed by atoms with Crippen molar-refractivity contribution in [3.8, 4) is 5.75 Å². The molecule has 0 unspecified atom stereocenters. The van der Waals surface area contributed by atoms with Crippen LogP contribution >= 0.6 is 0 Å². The number of non-ortho nitro benzene ring substituents is 1. The number of ether oxygens (including phenoxy) is 1. The van der Waals surface area contributed by atoms with Crippen LogP contribution in [0.25, 0.3) is 0 Å². The Bertz CT molecular complexity index is 939. The first-order valence-electron chi connectivity index (χ1n) is 7.98. The van der Waals surface area contributed by atoms with Crippen LogP contribution in [0.2, 0.25) is 0 Å². The van der Waals surface area contributed by atoms with Crippen LogP contribution in [0.3, 0.4) is 0 Å². The van der Waals surface area contributed by atoms with Crippen molar-refractivity contribution in [2.24, 2.45) is 0 Å². The lowest BCUT2D eigenvalue weighted by Gasteiger charge is -2.28. The Hall–Kier alpha value is -3.75. The number of nitrogens with one attached hydrogen (secondary N) is 1. The third kappa shape index (κ3) is 4.09. The maximum atomic E-state index is 12.3. The van der Waals surface area contributed by atoms with Gasteiger partial charge in [0.1, 0.15) is 6.54 Å². The van der Waals surface area contributed by atoms with E-state index in [-0.39, 0.29) is 36.2 Å². The molecule has 0 aliphatic carbocycles. The fourth-order valence-corrected chi connectivity index (χ4v) is 2.66. The number of nitrogens with zero attached hydrogens (tertiary/aromatic N) is 2. The average Bonchev–Trinajstić information content (AvgIpc) is 2.61. The van der Waals surface area contributed by atoms with Crippen LogP contribution < -0.4 is 15.0 Å². The highest BCUT2D eigenvalue weighted by Gasteiger charge is 2.27. The lowest BCUT2D eigenvalue weighted by atomic mass is 10.1. The predicted octanol–water partition coefficient (Wildman–Crippen LogP) is 2.16. The summed E-state index contributed by atoms with van der Waals surface area (Å²) in [6, 6.07) is 10.3. The van der Waals surface area contributed by atoms with Crippen molar-refractivity contribution in [3.05, 3.63) is 58.1 Å². The second kappa shape index (κ2) is 7.24. The number of fused-ring (bicyclic) bond motifs is 1. The van der Waals surface area contributed by atoms with Gasteiger partial charge in [-0.1, -0.05) is 0 Å². The van der Waals surface area contributed by atoms with E-state index in [9.17, 15) is 24.5 Å². The topological polar surface area (TPSA) is 119 Å². The molecule has 0 fully saturated rings. The second-order valence-corrected chi connectivity index (χ2v) is 5.92. The number of nitro benzene ring substituents is 1. The van der Waals surface area contributed by atoms with Crippen LogP contribution in [-0.2, 0) is 9.59 Å². The number of esters is 1. The number of benzene rings is 2. The summed E-state index contributed by atoms with van der Waals surface area (Å²) in [4.78, 5) is 47.1. The van der Waals surface area contributed by atoms with Crippen LogP contribution in [0.4, 0.5) is 17.1 Å². The summed E-state index contributed by atoms with van der Waals surface area (Å²) >= 11 is 0. The van der Waals surface area contributed by atoms with Crippen molar-refractivity contribution in [2.75, 3.05) is 23.3 Å². The maximum Gasteiger partial charge on any atom is 0.331 e. The number of anilines is 2. The van der Waals surface area contributed by atoms with Gasteiger partial charge in [0, 0.05) is 17.3 Å². The van der Waals surface area contributed by atoms with Crippen molar-refractivity contribution in [1.29, 1.82) is 0 Å². The van der Waals surface area contributed by atoms with E-state index in [1.54, 1.807) is 24.3 Å². The first kappa shape index (κ1) is 18.1. The number of hydrogen-bond donors (Lipinski definition) is 1. The summed E-state index contributed by atoms with van der Waals surface area (Å²) in [5.74, 6) is -1.03. The average molecular weight is 369 g/mol. The van der Waals surface area contributed by atoms with Gasteiger partial charge in [0.15, 0.2) is 11.5 Å². The fraction of sp³-hybridized carbons (Fsp3) is 0.167.